The number of nitrogens with two attached hydrogens (primary N) is 1. The van der Waals surface area contributed by atoms with Crippen LogP contribution in [0.3, 0.4) is 0 Å². The fourth-order valence-corrected chi connectivity index (χ4v) is 1.05. The van der Waals surface area contributed by atoms with Gasteiger partial charge in [0.1, 0.15) is 0 Å². The first-order chi connectivity index (χ1) is 5.24. The molecule has 2 heteroatoms. The zero-order chi connectivity index (χ0) is 8.27. The topological polar surface area (TPSA) is 26.0 Å². The van der Waals surface area contributed by atoms with Crippen molar-refractivity contribution in [3.8, 4) is 0 Å². The van der Waals surface area contributed by atoms with E-state index in [0.717, 1.165) is 11.3 Å². The van der Waals surface area contributed by atoms with E-state index in [0.29, 0.717) is 5.02 Å². The number of nitrogen functional groups attached to an aromatic ring is 1. The van der Waals surface area contributed by atoms with Gasteiger partial charge in [-0.15, -0.1) is 0 Å². The minimum Gasteiger partial charge on any atom is -0.398 e. The van der Waals surface area contributed by atoms with Gasteiger partial charge in [0.15, 0.2) is 0 Å². The van der Waals surface area contributed by atoms with Crippen LogP contribution < -0.4 is 5.73 Å². The lowest BCUT2D eigenvalue weighted by Crippen LogP contribution is -1.87. The smallest absolute Gasteiger partial charge is 0.0413 e. The van der Waals surface area contributed by atoms with Gasteiger partial charge in [-0.05, 0) is 30.7 Å². The van der Waals surface area contributed by atoms with Crippen molar-refractivity contribution >= 4 is 23.4 Å². The first-order valence-electron chi connectivity index (χ1n) is 3.42. The molecule has 0 unspecified atom stereocenters. The Hall–Kier alpha value is -0.950. The average Bonchev–Trinajstić information content (AvgIpc) is 1.98. The molecule has 0 bridgehead atoms. The summed E-state index contributed by atoms with van der Waals surface area (Å²) < 4.78 is 0. The van der Waals surface area contributed by atoms with Crippen LogP contribution in [0.5, 0.6) is 0 Å². The highest BCUT2D eigenvalue weighted by molar-refractivity contribution is 6.30. The molecule has 0 saturated heterocycles. The summed E-state index contributed by atoms with van der Waals surface area (Å²) in [5.41, 5.74) is 7.39. The Bertz CT molecular complexity index is 279. The van der Waals surface area contributed by atoms with E-state index in [-0.39, 0.29) is 0 Å². The summed E-state index contributed by atoms with van der Waals surface area (Å²) in [5.74, 6) is 0. The normalized spacial score (nSPS) is 10.7. The zero-order valence-corrected chi connectivity index (χ0v) is 7.10. The van der Waals surface area contributed by atoms with Crippen molar-refractivity contribution in [2.45, 2.75) is 6.92 Å². The van der Waals surface area contributed by atoms with Crippen molar-refractivity contribution in [3.63, 3.8) is 0 Å². The van der Waals surface area contributed by atoms with E-state index in [1.54, 1.807) is 12.1 Å². The maximum atomic E-state index is 5.76. The van der Waals surface area contributed by atoms with Gasteiger partial charge >= 0.3 is 0 Å². The van der Waals surface area contributed by atoms with Crippen LogP contribution in [0.15, 0.2) is 24.3 Å². The Balaban J connectivity index is 3.12. The molecule has 11 heavy (non-hydrogen) atoms. The van der Waals surface area contributed by atoms with Gasteiger partial charge < -0.3 is 5.73 Å². The first kappa shape index (κ1) is 8.15. The van der Waals surface area contributed by atoms with Crippen molar-refractivity contribution < 1.29 is 0 Å². The average molecular weight is 168 g/mol. The zero-order valence-electron chi connectivity index (χ0n) is 6.34. The maximum absolute atomic E-state index is 5.76. The molecule has 1 rings (SSSR count). The number of rotatable bonds is 1. The highest BCUT2D eigenvalue weighted by Crippen LogP contribution is 2.18. The fraction of sp³-hybridized carbons (Fsp3) is 0.111. The molecule has 0 aliphatic heterocycles. The molecule has 1 aromatic rings. The summed E-state index contributed by atoms with van der Waals surface area (Å²) in [7, 11) is 0. The molecule has 58 valence electrons. The van der Waals surface area contributed by atoms with E-state index in [1.807, 2.05) is 25.1 Å². The van der Waals surface area contributed by atoms with Gasteiger partial charge in [0.25, 0.3) is 0 Å². The van der Waals surface area contributed by atoms with Gasteiger partial charge in [-0.2, -0.15) is 0 Å². The Morgan fingerprint density at radius 1 is 1.45 bits per heavy atom. The minimum absolute atomic E-state index is 0.715. The SMILES string of the molecule is C/C=C/c1cc(Cl)ccc1N. The predicted octanol–water partition coefficient (Wildman–Crippen LogP) is 2.96. The van der Waals surface area contributed by atoms with E-state index in [1.165, 1.54) is 0 Å². The van der Waals surface area contributed by atoms with Gasteiger partial charge in [0.2, 0.25) is 0 Å². The molecule has 0 spiro atoms. The fourth-order valence-electron chi connectivity index (χ4n) is 0.870. The summed E-state index contributed by atoms with van der Waals surface area (Å²) in [6, 6.07) is 5.43. The molecule has 0 fully saturated rings. The van der Waals surface area contributed by atoms with Gasteiger partial charge in [0, 0.05) is 10.7 Å². The monoisotopic (exact) mass is 167 g/mol. The molecule has 0 aliphatic carbocycles. The third kappa shape index (κ3) is 1.99. The molecular weight excluding hydrogens is 158 g/mol. The maximum Gasteiger partial charge on any atom is 0.0413 e. The Morgan fingerprint density at radius 3 is 2.82 bits per heavy atom. The molecule has 0 amide bonds. The van der Waals surface area contributed by atoms with Crippen molar-refractivity contribution in [2.75, 3.05) is 5.73 Å². The second-order valence-electron chi connectivity index (χ2n) is 2.27. The molecule has 1 nitrogen and oxygen atoms in total. The van der Waals surface area contributed by atoms with Crippen molar-refractivity contribution in [2.24, 2.45) is 0 Å². The lowest BCUT2D eigenvalue weighted by molar-refractivity contribution is 1.62. The summed E-state index contributed by atoms with van der Waals surface area (Å²) in [6.45, 7) is 1.94. The highest BCUT2D eigenvalue weighted by atomic mass is 35.5. The van der Waals surface area contributed by atoms with Gasteiger partial charge in [0.05, 0.1) is 0 Å². The van der Waals surface area contributed by atoms with Crippen LogP contribution in [-0.2, 0) is 0 Å². The number of anilines is 1. The summed E-state index contributed by atoms with van der Waals surface area (Å²) in [6.07, 6.45) is 3.86. The molecule has 0 atom stereocenters. The van der Waals surface area contributed by atoms with Gasteiger partial charge in [-0.1, -0.05) is 23.8 Å². The van der Waals surface area contributed by atoms with Crippen LogP contribution in [0.1, 0.15) is 12.5 Å². The summed E-state index contributed by atoms with van der Waals surface area (Å²) in [5, 5.41) is 0.715. The molecule has 0 aromatic heterocycles. The van der Waals surface area contributed by atoms with Crippen molar-refractivity contribution in [1.29, 1.82) is 0 Å². The van der Waals surface area contributed by atoms with Crippen LogP contribution in [0.25, 0.3) is 6.08 Å². The first-order valence-corrected chi connectivity index (χ1v) is 3.79. The molecule has 2 N–H and O–H groups in total. The third-order valence-corrected chi connectivity index (χ3v) is 1.63. The van der Waals surface area contributed by atoms with Crippen LogP contribution >= 0.6 is 11.6 Å². The Kier molecular flexibility index (Phi) is 2.55. The largest absolute Gasteiger partial charge is 0.398 e. The Labute approximate surface area is 71.5 Å². The summed E-state index contributed by atoms with van der Waals surface area (Å²) >= 11 is 5.76. The number of benzene rings is 1. The summed E-state index contributed by atoms with van der Waals surface area (Å²) in [4.78, 5) is 0. The van der Waals surface area contributed by atoms with E-state index < -0.39 is 0 Å². The van der Waals surface area contributed by atoms with E-state index in [2.05, 4.69) is 0 Å². The van der Waals surface area contributed by atoms with Crippen LogP contribution in [0, 0.1) is 0 Å². The van der Waals surface area contributed by atoms with E-state index in [9.17, 15) is 0 Å². The highest BCUT2D eigenvalue weighted by Gasteiger charge is 1.94. The van der Waals surface area contributed by atoms with Crippen LogP contribution in [0.4, 0.5) is 5.69 Å². The van der Waals surface area contributed by atoms with Crippen LogP contribution in [-0.4, -0.2) is 0 Å². The lowest BCUT2D eigenvalue weighted by Gasteiger charge is -1.99. The Morgan fingerprint density at radius 2 is 2.18 bits per heavy atom. The minimum atomic E-state index is 0.715. The molecule has 0 radical (unpaired) electrons. The number of allylic oxidation sites excluding steroid dienone is 1. The quantitative estimate of drug-likeness (QED) is 0.640. The standard InChI is InChI=1S/C9H10ClN/c1-2-3-7-6-8(10)4-5-9(7)11/h2-6H,11H2,1H3/b3-2+. The number of halogens is 1. The van der Waals surface area contributed by atoms with Crippen LogP contribution in [0.2, 0.25) is 5.02 Å². The lowest BCUT2D eigenvalue weighted by atomic mass is 10.2. The molecule has 0 aliphatic rings. The molecule has 1 aromatic carbocycles. The third-order valence-electron chi connectivity index (χ3n) is 1.40. The second-order valence-corrected chi connectivity index (χ2v) is 2.71. The molecule has 0 heterocycles. The number of hydrogen-bond donors (Lipinski definition) is 1. The van der Waals surface area contributed by atoms with Crippen molar-refractivity contribution in [1.82, 2.24) is 0 Å². The molecule has 0 saturated carbocycles. The van der Waals surface area contributed by atoms with Gasteiger partial charge in [-0.25, -0.2) is 0 Å². The van der Waals surface area contributed by atoms with Gasteiger partial charge in [-0.3, -0.25) is 0 Å². The van der Waals surface area contributed by atoms with E-state index in [4.69, 9.17) is 17.3 Å². The second kappa shape index (κ2) is 3.44. The van der Waals surface area contributed by atoms with E-state index >= 15 is 0 Å². The predicted molar refractivity (Wildman–Crippen MR) is 50.6 cm³/mol. The number of hydrogen-bond acceptors (Lipinski definition) is 1. The van der Waals surface area contributed by atoms with Crippen molar-refractivity contribution in [3.05, 3.63) is 34.9 Å². The molecular formula is C9H10ClN.